The molecule has 0 saturated heterocycles. The summed E-state index contributed by atoms with van der Waals surface area (Å²) in [5, 5.41) is 14.0. The number of thioether (sulfide) groups is 1. The molecule has 0 saturated carbocycles. The Morgan fingerprint density at radius 3 is 2.33 bits per heavy atom. The molecule has 0 heterocycles. The molecule has 3 aromatic carbocycles. The van der Waals surface area contributed by atoms with Gasteiger partial charge in [-0.15, -0.1) is 11.8 Å². The van der Waals surface area contributed by atoms with Crippen LogP contribution in [0.2, 0.25) is 0 Å². The first kappa shape index (κ1) is 21.3. The van der Waals surface area contributed by atoms with Crippen molar-refractivity contribution in [2.75, 3.05) is 11.6 Å². The van der Waals surface area contributed by atoms with Gasteiger partial charge in [0.15, 0.2) is 11.6 Å². The molecule has 0 unspecified atom stereocenters. The van der Waals surface area contributed by atoms with Gasteiger partial charge in [-0.25, -0.2) is 8.78 Å². The Balaban J connectivity index is 2.19. The van der Waals surface area contributed by atoms with E-state index in [1.54, 1.807) is 12.1 Å². The van der Waals surface area contributed by atoms with E-state index in [4.69, 9.17) is 4.74 Å². The number of nitrogens with one attached hydrogen (secondary N) is 1. The second kappa shape index (κ2) is 8.91. The minimum atomic E-state index is -0.952. The number of ether oxygens (including phenoxy) is 1. The van der Waals surface area contributed by atoms with E-state index < -0.39 is 28.2 Å². The van der Waals surface area contributed by atoms with E-state index in [1.807, 2.05) is 18.4 Å². The maximum atomic E-state index is 14.1. The van der Waals surface area contributed by atoms with Crippen LogP contribution < -0.4 is 10.1 Å². The second-order valence-corrected chi connectivity index (χ2v) is 7.09. The zero-order valence-electron chi connectivity index (χ0n) is 15.9. The molecule has 0 aliphatic rings. The lowest BCUT2D eigenvalue weighted by atomic mass is 10.0. The lowest BCUT2D eigenvalue weighted by molar-refractivity contribution is -0.384. The number of carbonyl (C=O) groups excluding carboxylic acids is 1. The Kier molecular flexibility index (Phi) is 6.31. The van der Waals surface area contributed by atoms with E-state index in [0.29, 0.717) is 17.2 Å². The SMILES string of the molecule is CSc1ccc(-c2cc(NC(C)=O)c([N+](=O)[O-])cc2Oc2ccc(F)cc2F)cc1. The largest absolute Gasteiger partial charge is 0.453 e. The summed E-state index contributed by atoms with van der Waals surface area (Å²) < 4.78 is 32.9. The molecule has 0 atom stereocenters. The zero-order chi connectivity index (χ0) is 21.8. The second-order valence-electron chi connectivity index (χ2n) is 6.21. The summed E-state index contributed by atoms with van der Waals surface area (Å²) in [5.74, 6) is -2.52. The molecule has 0 aromatic heterocycles. The van der Waals surface area contributed by atoms with Crippen LogP contribution in [-0.2, 0) is 4.79 Å². The molecule has 1 amide bonds. The van der Waals surface area contributed by atoms with E-state index >= 15 is 0 Å². The van der Waals surface area contributed by atoms with Gasteiger partial charge < -0.3 is 10.1 Å². The summed E-state index contributed by atoms with van der Waals surface area (Å²) in [6, 6.07) is 12.5. The number of rotatable bonds is 6. The first-order valence-electron chi connectivity index (χ1n) is 8.66. The van der Waals surface area contributed by atoms with Crippen LogP contribution in [0.5, 0.6) is 11.5 Å². The van der Waals surface area contributed by atoms with Gasteiger partial charge in [0.1, 0.15) is 17.3 Å². The van der Waals surface area contributed by atoms with Gasteiger partial charge in [0, 0.05) is 23.4 Å². The molecule has 0 spiro atoms. The highest BCUT2D eigenvalue weighted by atomic mass is 32.2. The van der Waals surface area contributed by atoms with E-state index in [9.17, 15) is 23.7 Å². The number of carbonyl (C=O) groups is 1. The lowest BCUT2D eigenvalue weighted by Gasteiger charge is -2.15. The minimum absolute atomic E-state index is 0.0155. The molecule has 3 rings (SSSR count). The summed E-state index contributed by atoms with van der Waals surface area (Å²) in [7, 11) is 0. The van der Waals surface area contributed by atoms with Crippen molar-refractivity contribution in [3.05, 3.63) is 76.3 Å². The molecule has 0 bridgehead atoms. The quantitative estimate of drug-likeness (QED) is 0.294. The van der Waals surface area contributed by atoms with Crippen molar-refractivity contribution in [3.63, 3.8) is 0 Å². The predicted molar refractivity (Wildman–Crippen MR) is 111 cm³/mol. The summed E-state index contributed by atoms with van der Waals surface area (Å²) in [6.45, 7) is 1.23. The fraction of sp³-hybridized carbons (Fsp3) is 0.0952. The van der Waals surface area contributed by atoms with Crippen LogP contribution in [0.1, 0.15) is 6.92 Å². The van der Waals surface area contributed by atoms with Crippen LogP contribution >= 0.6 is 11.8 Å². The van der Waals surface area contributed by atoms with Gasteiger partial charge in [-0.3, -0.25) is 14.9 Å². The van der Waals surface area contributed by atoms with Crippen molar-refractivity contribution < 1.29 is 23.2 Å². The Labute approximate surface area is 175 Å². The van der Waals surface area contributed by atoms with Crippen molar-refractivity contribution in [1.29, 1.82) is 0 Å². The molecule has 0 fully saturated rings. The molecule has 3 aromatic rings. The third-order valence-electron chi connectivity index (χ3n) is 4.12. The molecule has 0 aliphatic heterocycles. The smallest absolute Gasteiger partial charge is 0.296 e. The van der Waals surface area contributed by atoms with Crippen LogP contribution in [0.3, 0.4) is 0 Å². The van der Waals surface area contributed by atoms with E-state index in [2.05, 4.69) is 5.32 Å². The standard InChI is InChI=1S/C21H16F2N2O4S/c1-12(26)24-18-10-16(13-3-6-15(30-2)7-4-13)21(11-19(18)25(27)28)29-20-8-5-14(22)9-17(20)23/h3-11H,1-2H3,(H,24,26). The van der Waals surface area contributed by atoms with Crippen LogP contribution in [0.25, 0.3) is 11.1 Å². The van der Waals surface area contributed by atoms with Crippen molar-refractivity contribution in [2.45, 2.75) is 11.8 Å². The van der Waals surface area contributed by atoms with Gasteiger partial charge in [0.2, 0.25) is 5.91 Å². The van der Waals surface area contributed by atoms with Gasteiger partial charge in [-0.2, -0.15) is 0 Å². The van der Waals surface area contributed by atoms with Crippen molar-refractivity contribution in [1.82, 2.24) is 0 Å². The molecule has 154 valence electrons. The molecular weight excluding hydrogens is 414 g/mol. The number of hydrogen-bond donors (Lipinski definition) is 1. The first-order chi connectivity index (χ1) is 14.3. The Morgan fingerprint density at radius 1 is 1.07 bits per heavy atom. The summed E-state index contributed by atoms with van der Waals surface area (Å²) in [5.41, 5.74) is 0.572. The lowest BCUT2D eigenvalue weighted by Crippen LogP contribution is -2.08. The minimum Gasteiger partial charge on any atom is -0.453 e. The van der Waals surface area contributed by atoms with Crippen molar-refractivity contribution >= 4 is 29.0 Å². The number of nitrogens with zero attached hydrogens (tertiary/aromatic N) is 1. The third-order valence-corrected chi connectivity index (χ3v) is 4.86. The van der Waals surface area contributed by atoms with Gasteiger partial charge >= 0.3 is 0 Å². The maximum Gasteiger partial charge on any atom is 0.296 e. The highest BCUT2D eigenvalue weighted by Crippen LogP contribution is 2.41. The number of nitro groups is 1. The highest BCUT2D eigenvalue weighted by Gasteiger charge is 2.22. The molecule has 9 heteroatoms. The molecule has 6 nitrogen and oxygen atoms in total. The Morgan fingerprint density at radius 2 is 1.77 bits per heavy atom. The molecule has 30 heavy (non-hydrogen) atoms. The monoisotopic (exact) mass is 430 g/mol. The van der Waals surface area contributed by atoms with Gasteiger partial charge in [-0.1, -0.05) is 12.1 Å². The highest BCUT2D eigenvalue weighted by molar-refractivity contribution is 7.98. The molecule has 1 N–H and O–H groups in total. The van der Waals surface area contributed by atoms with Crippen LogP contribution in [0, 0.1) is 21.7 Å². The van der Waals surface area contributed by atoms with Gasteiger partial charge in [0.05, 0.1) is 11.0 Å². The molecule has 0 aliphatic carbocycles. The fourth-order valence-electron chi connectivity index (χ4n) is 2.77. The topological polar surface area (TPSA) is 81.5 Å². The van der Waals surface area contributed by atoms with Gasteiger partial charge in [0.25, 0.3) is 5.69 Å². The van der Waals surface area contributed by atoms with Gasteiger partial charge in [-0.05, 0) is 42.2 Å². The summed E-state index contributed by atoms with van der Waals surface area (Å²) >= 11 is 1.54. The van der Waals surface area contributed by atoms with E-state index in [1.165, 1.54) is 24.8 Å². The maximum absolute atomic E-state index is 14.1. The number of benzene rings is 3. The van der Waals surface area contributed by atoms with Crippen LogP contribution in [-0.4, -0.2) is 17.1 Å². The van der Waals surface area contributed by atoms with E-state index in [-0.39, 0.29) is 17.2 Å². The fourth-order valence-corrected chi connectivity index (χ4v) is 3.18. The predicted octanol–water partition coefficient (Wildman–Crippen LogP) is 6.01. The number of halogens is 2. The Hall–Kier alpha value is -3.46. The number of nitro benzene ring substituents is 1. The zero-order valence-corrected chi connectivity index (χ0v) is 16.8. The number of anilines is 1. The Bertz CT molecular complexity index is 1120. The molecular formula is C21H16F2N2O4S. The van der Waals surface area contributed by atoms with Crippen molar-refractivity contribution in [3.8, 4) is 22.6 Å². The summed E-state index contributed by atoms with van der Waals surface area (Å²) in [4.78, 5) is 23.4. The average molecular weight is 430 g/mol. The molecule has 0 radical (unpaired) electrons. The first-order valence-corrected chi connectivity index (χ1v) is 9.88. The van der Waals surface area contributed by atoms with E-state index in [0.717, 1.165) is 23.1 Å². The normalized spacial score (nSPS) is 10.5. The van der Waals surface area contributed by atoms with Crippen LogP contribution in [0.4, 0.5) is 20.2 Å². The number of amides is 1. The third kappa shape index (κ3) is 4.74. The van der Waals surface area contributed by atoms with Crippen molar-refractivity contribution in [2.24, 2.45) is 0 Å². The number of hydrogen-bond acceptors (Lipinski definition) is 5. The average Bonchev–Trinajstić information content (AvgIpc) is 2.70. The summed E-state index contributed by atoms with van der Waals surface area (Å²) in [6.07, 6.45) is 1.92. The van der Waals surface area contributed by atoms with Crippen LogP contribution in [0.15, 0.2) is 59.5 Å².